The number of hydrogen-bond acceptors (Lipinski definition) is 6. The smallest absolute Gasteiger partial charge is 0.264 e. The molecule has 0 radical (unpaired) electrons. The highest BCUT2D eigenvalue weighted by molar-refractivity contribution is 7.14. The van der Waals surface area contributed by atoms with Crippen molar-refractivity contribution in [3.63, 3.8) is 0 Å². The summed E-state index contributed by atoms with van der Waals surface area (Å²) in [6, 6.07) is 12.3. The zero-order valence-corrected chi connectivity index (χ0v) is 19.1. The maximum Gasteiger partial charge on any atom is 0.264 e. The number of aryl methyl sites for hydroxylation is 2. The third-order valence-corrected chi connectivity index (χ3v) is 6.10. The third-order valence-electron chi connectivity index (χ3n) is 5.34. The molecule has 1 N–H and O–H groups in total. The van der Waals surface area contributed by atoms with Crippen LogP contribution in [0, 0.1) is 6.92 Å². The van der Waals surface area contributed by atoms with Gasteiger partial charge in [0, 0.05) is 29.8 Å². The molecule has 0 aliphatic carbocycles. The van der Waals surface area contributed by atoms with E-state index in [-0.39, 0.29) is 29.0 Å². The van der Waals surface area contributed by atoms with Crippen molar-refractivity contribution in [1.82, 2.24) is 29.5 Å². The first-order valence-electron chi connectivity index (χ1n) is 10.4. The van der Waals surface area contributed by atoms with Crippen LogP contribution in [0.25, 0.3) is 33.7 Å². The number of aromatic nitrogens is 6. The Morgan fingerprint density at radius 2 is 1.94 bits per heavy atom. The molecule has 34 heavy (non-hydrogen) atoms. The summed E-state index contributed by atoms with van der Waals surface area (Å²) in [6.45, 7) is 1.44. The van der Waals surface area contributed by atoms with E-state index in [1.165, 1.54) is 22.1 Å². The van der Waals surface area contributed by atoms with Gasteiger partial charge in [0.25, 0.3) is 6.43 Å². The van der Waals surface area contributed by atoms with E-state index in [2.05, 4.69) is 25.5 Å². The molecule has 0 atom stereocenters. The van der Waals surface area contributed by atoms with Crippen LogP contribution in [0.2, 0.25) is 0 Å². The minimum atomic E-state index is -2.71. The molecule has 172 valence electrons. The van der Waals surface area contributed by atoms with Gasteiger partial charge in [0.15, 0.2) is 10.8 Å². The van der Waals surface area contributed by atoms with E-state index in [9.17, 15) is 13.6 Å². The fourth-order valence-electron chi connectivity index (χ4n) is 3.79. The Labute approximate surface area is 196 Å². The molecule has 0 bridgehead atoms. The Balaban J connectivity index is 1.46. The molecule has 11 heteroatoms. The summed E-state index contributed by atoms with van der Waals surface area (Å²) in [5.74, 6) is -0.388. The number of anilines is 1. The summed E-state index contributed by atoms with van der Waals surface area (Å²) in [5, 5.41) is 13.7. The van der Waals surface area contributed by atoms with Gasteiger partial charge in [-0.25, -0.2) is 23.4 Å². The molecule has 1 amide bonds. The maximum atomic E-state index is 13.9. The number of nitrogens with one attached hydrogen (secondary N) is 1. The van der Waals surface area contributed by atoms with E-state index < -0.39 is 6.43 Å². The van der Waals surface area contributed by atoms with Crippen LogP contribution in [0.5, 0.6) is 0 Å². The Kier molecular flexibility index (Phi) is 5.62. The van der Waals surface area contributed by atoms with Crippen molar-refractivity contribution in [1.29, 1.82) is 0 Å². The first kappa shape index (κ1) is 21.8. The molecular weight excluding hydrogens is 460 g/mol. The van der Waals surface area contributed by atoms with Gasteiger partial charge in [-0.2, -0.15) is 10.2 Å². The molecule has 0 saturated carbocycles. The van der Waals surface area contributed by atoms with Crippen molar-refractivity contribution >= 4 is 33.4 Å². The van der Waals surface area contributed by atoms with Crippen molar-refractivity contribution in [3.8, 4) is 22.6 Å². The van der Waals surface area contributed by atoms with E-state index in [4.69, 9.17) is 0 Å². The number of carbonyl (C=O) groups is 1. The minimum absolute atomic E-state index is 0.159. The highest BCUT2D eigenvalue weighted by atomic mass is 32.1. The molecule has 5 rings (SSSR count). The van der Waals surface area contributed by atoms with Gasteiger partial charge in [0.05, 0.1) is 22.5 Å². The maximum absolute atomic E-state index is 13.9. The second kappa shape index (κ2) is 8.75. The van der Waals surface area contributed by atoms with Crippen molar-refractivity contribution in [2.75, 3.05) is 5.32 Å². The Morgan fingerprint density at radius 1 is 1.15 bits per heavy atom. The van der Waals surface area contributed by atoms with Gasteiger partial charge in [-0.1, -0.05) is 30.3 Å². The molecule has 0 aliphatic heterocycles. The van der Waals surface area contributed by atoms with Gasteiger partial charge < -0.3 is 5.32 Å². The lowest BCUT2D eigenvalue weighted by atomic mass is 10.1. The Hall–Kier alpha value is -3.99. The van der Waals surface area contributed by atoms with Gasteiger partial charge in [-0.3, -0.25) is 9.48 Å². The zero-order chi connectivity index (χ0) is 23.8. The van der Waals surface area contributed by atoms with Crippen LogP contribution in [-0.4, -0.2) is 35.4 Å². The molecule has 0 aliphatic rings. The summed E-state index contributed by atoms with van der Waals surface area (Å²) in [6.07, 6.45) is -1.04. The molecule has 1 aromatic carbocycles. The largest absolute Gasteiger partial charge is 0.300 e. The molecular formula is C23H19F2N7OS. The third kappa shape index (κ3) is 4.05. The lowest BCUT2D eigenvalue weighted by Crippen LogP contribution is -2.19. The average Bonchev–Trinajstić information content (AvgIpc) is 3.53. The number of thiazole rings is 1. The van der Waals surface area contributed by atoms with Gasteiger partial charge >= 0.3 is 0 Å². The number of nitrogens with zero attached hydrogens (tertiary/aromatic N) is 6. The number of amides is 1. The molecule has 4 aromatic heterocycles. The van der Waals surface area contributed by atoms with Gasteiger partial charge in [-0.05, 0) is 19.1 Å². The van der Waals surface area contributed by atoms with Gasteiger partial charge in [-0.15, -0.1) is 11.3 Å². The van der Waals surface area contributed by atoms with Crippen molar-refractivity contribution < 1.29 is 13.6 Å². The molecule has 0 saturated heterocycles. The number of hydrogen-bond donors (Lipinski definition) is 1. The molecule has 0 unspecified atom stereocenters. The van der Waals surface area contributed by atoms with E-state index >= 15 is 0 Å². The summed E-state index contributed by atoms with van der Waals surface area (Å²) >= 11 is 1.28. The summed E-state index contributed by atoms with van der Waals surface area (Å²) in [4.78, 5) is 21.8. The minimum Gasteiger partial charge on any atom is -0.300 e. The first-order valence-corrected chi connectivity index (χ1v) is 11.2. The lowest BCUT2D eigenvalue weighted by molar-refractivity contribution is -0.116. The standard InChI is InChI=1S/C23H19F2N7OS/c1-13-20-15(21(24)25)10-16(14-6-4-3-5-7-14)27-22(20)32(30-13)11-19(33)29-23-28-17(12-34-23)18-8-9-26-31(18)2/h3-10,12,21H,11H2,1-2H3,(H,28,29,33). The number of carbonyl (C=O) groups excluding carboxylic acids is 1. The highest BCUT2D eigenvalue weighted by Crippen LogP contribution is 2.33. The fourth-order valence-corrected chi connectivity index (χ4v) is 4.52. The lowest BCUT2D eigenvalue weighted by Gasteiger charge is -2.09. The first-order chi connectivity index (χ1) is 16.4. The van der Waals surface area contributed by atoms with E-state index in [0.717, 1.165) is 5.69 Å². The monoisotopic (exact) mass is 479 g/mol. The topological polar surface area (TPSA) is 90.5 Å². The Morgan fingerprint density at radius 3 is 2.65 bits per heavy atom. The summed E-state index contributed by atoms with van der Waals surface area (Å²) in [5.41, 5.74) is 3.07. The summed E-state index contributed by atoms with van der Waals surface area (Å²) < 4.78 is 30.9. The summed E-state index contributed by atoms with van der Waals surface area (Å²) in [7, 11) is 1.81. The molecule has 8 nitrogen and oxygen atoms in total. The van der Waals surface area contributed by atoms with Gasteiger partial charge in [0.1, 0.15) is 12.2 Å². The molecule has 0 fully saturated rings. The van der Waals surface area contributed by atoms with E-state index in [1.807, 2.05) is 36.7 Å². The van der Waals surface area contributed by atoms with E-state index in [1.54, 1.807) is 29.9 Å². The van der Waals surface area contributed by atoms with Crippen molar-refractivity contribution in [3.05, 3.63) is 65.3 Å². The second-order valence-corrected chi connectivity index (χ2v) is 8.49. The number of halogens is 2. The van der Waals surface area contributed by atoms with Crippen molar-refractivity contribution in [2.24, 2.45) is 7.05 Å². The van der Waals surface area contributed by atoms with Crippen molar-refractivity contribution in [2.45, 2.75) is 19.9 Å². The quantitative estimate of drug-likeness (QED) is 0.376. The second-order valence-electron chi connectivity index (χ2n) is 7.63. The average molecular weight is 480 g/mol. The number of fused-ring (bicyclic) bond motifs is 1. The molecule has 5 aromatic rings. The Bertz CT molecular complexity index is 1490. The number of alkyl halides is 2. The molecule has 0 spiro atoms. The van der Waals surface area contributed by atoms with Crippen LogP contribution in [0.1, 0.15) is 17.7 Å². The van der Waals surface area contributed by atoms with Crippen LogP contribution in [-0.2, 0) is 18.4 Å². The van der Waals surface area contributed by atoms with Crippen LogP contribution < -0.4 is 5.32 Å². The van der Waals surface area contributed by atoms with E-state index in [0.29, 0.717) is 27.8 Å². The molecule has 4 heterocycles. The van der Waals surface area contributed by atoms with Crippen LogP contribution >= 0.6 is 11.3 Å². The van der Waals surface area contributed by atoms with Gasteiger partial charge in [0.2, 0.25) is 5.91 Å². The highest BCUT2D eigenvalue weighted by Gasteiger charge is 2.22. The van der Waals surface area contributed by atoms with Crippen LogP contribution in [0.4, 0.5) is 13.9 Å². The predicted molar refractivity (Wildman–Crippen MR) is 126 cm³/mol. The normalized spacial score (nSPS) is 11.4. The van der Waals surface area contributed by atoms with Crippen LogP contribution in [0.15, 0.2) is 54.0 Å². The number of pyridine rings is 1. The SMILES string of the molecule is Cc1nn(CC(=O)Nc2nc(-c3ccnn3C)cs2)c2nc(-c3ccccc3)cc(C(F)F)c12. The number of benzene rings is 1. The number of rotatable bonds is 6. The van der Waals surface area contributed by atoms with Crippen LogP contribution in [0.3, 0.4) is 0 Å². The fraction of sp³-hybridized carbons (Fsp3) is 0.174. The zero-order valence-electron chi connectivity index (χ0n) is 18.2. The predicted octanol–water partition coefficient (Wildman–Crippen LogP) is 4.84.